The van der Waals surface area contributed by atoms with Crippen molar-refractivity contribution < 1.29 is 14.3 Å². The molecule has 1 atom stereocenters. The van der Waals surface area contributed by atoms with Gasteiger partial charge >= 0.3 is 0 Å². The second-order valence-electron chi connectivity index (χ2n) is 5.39. The summed E-state index contributed by atoms with van der Waals surface area (Å²) in [6.07, 6.45) is 0. The van der Waals surface area contributed by atoms with Gasteiger partial charge in [-0.3, -0.25) is 14.5 Å². The molecule has 0 bridgehead atoms. The number of carbonyl (C=O) groups is 2. The van der Waals surface area contributed by atoms with Crippen LogP contribution in [0.5, 0.6) is 5.75 Å². The maximum Gasteiger partial charge on any atom is 0.243 e. The number of para-hydroxylation sites is 1. The van der Waals surface area contributed by atoms with E-state index in [0.717, 1.165) is 17.9 Å². The van der Waals surface area contributed by atoms with E-state index in [1.165, 1.54) is 6.92 Å². The molecule has 0 aromatic heterocycles. The largest absolute Gasteiger partial charge is 0.496 e. The van der Waals surface area contributed by atoms with Gasteiger partial charge in [0.25, 0.3) is 0 Å². The van der Waals surface area contributed by atoms with Crippen LogP contribution >= 0.6 is 0 Å². The number of hydrogen-bond donors (Lipinski definition) is 1. The Morgan fingerprint density at radius 1 is 1.32 bits per heavy atom. The van der Waals surface area contributed by atoms with Crippen LogP contribution in [0.25, 0.3) is 0 Å². The molecule has 2 rings (SSSR count). The molecule has 0 spiro atoms. The minimum atomic E-state index is -0.439. The Bertz CT molecular complexity index is 547. The smallest absolute Gasteiger partial charge is 0.243 e. The number of amides is 2. The molecule has 1 aliphatic heterocycles. The third-order valence-corrected chi connectivity index (χ3v) is 4.00. The molecule has 1 aliphatic rings. The maximum absolute atomic E-state index is 12.0. The van der Waals surface area contributed by atoms with Gasteiger partial charge in [0.05, 0.1) is 7.11 Å². The third-order valence-electron chi connectivity index (χ3n) is 4.00. The highest BCUT2D eigenvalue weighted by molar-refractivity contribution is 5.87. The highest BCUT2D eigenvalue weighted by atomic mass is 16.5. The van der Waals surface area contributed by atoms with Crippen molar-refractivity contribution in [3.05, 3.63) is 29.8 Å². The Kier molecular flexibility index (Phi) is 5.38. The minimum Gasteiger partial charge on any atom is -0.496 e. The molecule has 0 radical (unpaired) electrons. The molecule has 1 aromatic rings. The van der Waals surface area contributed by atoms with Gasteiger partial charge < -0.3 is 15.0 Å². The second kappa shape index (κ2) is 7.26. The summed E-state index contributed by atoms with van der Waals surface area (Å²) in [5, 5.41) is 2.64. The van der Waals surface area contributed by atoms with E-state index in [9.17, 15) is 9.59 Å². The zero-order valence-electron chi connectivity index (χ0n) is 13.3. The number of piperazine rings is 1. The highest BCUT2D eigenvalue weighted by Gasteiger charge is 2.33. The Balaban J connectivity index is 2.11. The standard InChI is InChI=1S/C16H23N3O3/c1-12(20)19-9-8-18(11-14(19)16(21)17-2)10-13-6-4-5-7-15(13)22-3/h4-7,14H,8-11H2,1-3H3,(H,17,21)/t14-/m1/s1. The van der Waals surface area contributed by atoms with Crippen LogP contribution in [0.15, 0.2) is 24.3 Å². The lowest BCUT2D eigenvalue weighted by molar-refractivity contribution is -0.142. The van der Waals surface area contributed by atoms with Gasteiger partial charge in [-0.25, -0.2) is 0 Å². The van der Waals surface area contributed by atoms with Crippen LogP contribution in [0.4, 0.5) is 0 Å². The molecule has 120 valence electrons. The van der Waals surface area contributed by atoms with Crippen LogP contribution in [-0.4, -0.2) is 61.4 Å². The van der Waals surface area contributed by atoms with Crippen molar-refractivity contribution in [2.75, 3.05) is 33.8 Å². The van der Waals surface area contributed by atoms with Crippen molar-refractivity contribution >= 4 is 11.8 Å². The van der Waals surface area contributed by atoms with Crippen LogP contribution in [0.2, 0.25) is 0 Å². The van der Waals surface area contributed by atoms with E-state index in [4.69, 9.17) is 4.74 Å². The molecule has 2 amide bonds. The zero-order valence-corrected chi connectivity index (χ0v) is 13.3. The molecule has 1 aromatic carbocycles. The van der Waals surface area contributed by atoms with Gasteiger partial charge in [0.1, 0.15) is 11.8 Å². The van der Waals surface area contributed by atoms with E-state index in [1.54, 1.807) is 19.1 Å². The van der Waals surface area contributed by atoms with Gasteiger partial charge in [0.15, 0.2) is 0 Å². The van der Waals surface area contributed by atoms with Crippen molar-refractivity contribution in [3.63, 3.8) is 0 Å². The number of likely N-dealkylation sites (N-methyl/N-ethyl adjacent to an activating group) is 1. The average molecular weight is 305 g/mol. The topological polar surface area (TPSA) is 61.9 Å². The zero-order chi connectivity index (χ0) is 16.1. The van der Waals surface area contributed by atoms with Crippen molar-refractivity contribution in [1.82, 2.24) is 15.1 Å². The van der Waals surface area contributed by atoms with Gasteiger partial charge in [-0.05, 0) is 6.07 Å². The lowest BCUT2D eigenvalue weighted by Gasteiger charge is -2.40. The summed E-state index contributed by atoms with van der Waals surface area (Å²) < 4.78 is 5.37. The quantitative estimate of drug-likeness (QED) is 0.878. The first kappa shape index (κ1) is 16.3. The number of hydrogen-bond acceptors (Lipinski definition) is 4. The normalized spacial score (nSPS) is 18.9. The van der Waals surface area contributed by atoms with Crippen LogP contribution in [-0.2, 0) is 16.1 Å². The molecule has 1 fully saturated rings. The fourth-order valence-electron chi connectivity index (χ4n) is 2.83. The first-order valence-electron chi connectivity index (χ1n) is 7.40. The maximum atomic E-state index is 12.0. The van der Waals surface area contributed by atoms with E-state index in [2.05, 4.69) is 10.2 Å². The lowest BCUT2D eigenvalue weighted by atomic mass is 10.1. The number of nitrogens with zero attached hydrogens (tertiary/aromatic N) is 2. The molecule has 1 heterocycles. The highest BCUT2D eigenvalue weighted by Crippen LogP contribution is 2.21. The first-order valence-corrected chi connectivity index (χ1v) is 7.40. The van der Waals surface area contributed by atoms with Crippen molar-refractivity contribution in [3.8, 4) is 5.75 Å². The van der Waals surface area contributed by atoms with Crippen molar-refractivity contribution in [1.29, 1.82) is 0 Å². The van der Waals surface area contributed by atoms with E-state index >= 15 is 0 Å². The molecule has 0 aliphatic carbocycles. The SMILES string of the molecule is CNC(=O)[C@H]1CN(Cc2ccccc2OC)CCN1C(C)=O. The molecule has 1 saturated heterocycles. The molecular weight excluding hydrogens is 282 g/mol. The Labute approximate surface area is 131 Å². The van der Waals surface area contributed by atoms with Gasteiger partial charge in [0.2, 0.25) is 11.8 Å². The number of methoxy groups -OCH3 is 1. The number of ether oxygens (including phenoxy) is 1. The fourth-order valence-corrected chi connectivity index (χ4v) is 2.83. The van der Waals surface area contributed by atoms with Gasteiger partial charge in [-0.2, -0.15) is 0 Å². The summed E-state index contributed by atoms with van der Waals surface area (Å²) in [5.74, 6) is 0.651. The van der Waals surface area contributed by atoms with Gasteiger partial charge in [-0.1, -0.05) is 18.2 Å². The summed E-state index contributed by atoms with van der Waals surface area (Å²) in [6, 6.07) is 7.41. The minimum absolute atomic E-state index is 0.0643. The van der Waals surface area contributed by atoms with Crippen molar-refractivity contribution in [2.24, 2.45) is 0 Å². The molecule has 0 saturated carbocycles. The number of rotatable bonds is 4. The molecule has 6 heteroatoms. The van der Waals surface area contributed by atoms with Crippen LogP contribution < -0.4 is 10.1 Å². The van der Waals surface area contributed by atoms with Crippen LogP contribution in [0.3, 0.4) is 0 Å². The predicted octanol–water partition coefficient (Wildman–Crippen LogP) is 0.474. The monoisotopic (exact) mass is 305 g/mol. The summed E-state index contributed by atoms with van der Waals surface area (Å²) in [5.41, 5.74) is 1.08. The average Bonchev–Trinajstić information content (AvgIpc) is 2.54. The summed E-state index contributed by atoms with van der Waals surface area (Å²) >= 11 is 0. The molecular formula is C16H23N3O3. The number of carbonyl (C=O) groups excluding carboxylic acids is 2. The van der Waals surface area contributed by atoms with E-state index < -0.39 is 6.04 Å². The van der Waals surface area contributed by atoms with Crippen molar-refractivity contribution in [2.45, 2.75) is 19.5 Å². The summed E-state index contributed by atoms with van der Waals surface area (Å²) in [4.78, 5) is 27.6. The van der Waals surface area contributed by atoms with E-state index in [1.807, 2.05) is 24.3 Å². The first-order chi connectivity index (χ1) is 10.6. The van der Waals surface area contributed by atoms with Gasteiger partial charge in [0, 0.05) is 45.7 Å². The molecule has 6 nitrogen and oxygen atoms in total. The Morgan fingerprint density at radius 2 is 2.05 bits per heavy atom. The summed E-state index contributed by atoms with van der Waals surface area (Å²) in [6.45, 7) is 4.03. The molecule has 1 N–H and O–H groups in total. The lowest BCUT2D eigenvalue weighted by Crippen LogP contribution is -2.59. The summed E-state index contributed by atoms with van der Waals surface area (Å²) in [7, 11) is 3.25. The van der Waals surface area contributed by atoms with Crippen LogP contribution in [0.1, 0.15) is 12.5 Å². The Morgan fingerprint density at radius 3 is 2.68 bits per heavy atom. The number of nitrogens with one attached hydrogen (secondary N) is 1. The fraction of sp³-hybridized carbons (Fsp3) is 0.500. The van der Waals surface area contributed by atoms with Gasteiger partial charge in [-0.15, -0.1) is 0 Å². The molecule has 0 unspecified atom stereocenters. The predicted molar refractivity (Wildman–Crippen MR) is 83.5 cm³/mol. The van der Waals surface area contributed by atoms with E-state index in [0.29, 0.717) is 19.6 Å². The second-order valence-corrected chi connectivity index (χ2v) is 5.39. The number of benzene rings is 1. The van der Waals surface area contributed by atoms with Crippen LogP contribution in [0, 0.1) is 0 Å². The third kappa shape index (κ3) is 3.57. The van der Waals surface area contributed by atoms with E-state index in [-0.39, 0.29) is 11.8 Å². The Hall–Kier alpha value is -2.08. The molecule has 22 heavy (non-hydrogen) atoms.